The van der Waals surface area contributed by atoms with Gasteiger partial charge < -0.3 is 23.7 Å². The zero-order valence-corrected chi connectivity index (χ0v) is 32.6. The summed E-state index contributed by atoms with van der Waals surface area (Å²) in [6, 6.07) is 20.9. The summed E-state index contributed by atoms with van der Waals surface area (Å²) < 4.78 is 43.7. The predicted molar refractivity (Wildman–Crippen MR) is 211 cm³/mol. The number of benzene rings is 3. The van der Waals surface area contributed by atoms with Crippen molar-refractivity contribution in [3.05, 3.63) is 107 Å². The van der Waals surface area contributed by atoms with Crippen LogP contribution < -0.4 is 9.47 Å². The lowest BCUT2D eigenvalue weighted by molar-refractivity contribution is -0.171. The lowest BCUT2D eigenvalue weighted by atomic mass is 9.85. The lowest BCUT2D eigenvalue weighted by Gasteiger charge is -2.31. The molecule has 1 saturated heterocycles. The van der Waals surface area contributed by atoms with Gasteiger partial charge in [-0.25, -0.2) is 9.18 Å². The molecule has 4 aromatic rings. The zero-order chi connectivity index (χ0) is 38.2. The molecule has 3 heterocycles. The Balaban J connectivity index is 1.49. The summed E-state index contributed by atoms with van der Waals surface area (Å²) in [5.74, 6) is 1.46. The van der Waals surface area contributed by atoms with Gasteiger partial charge in [0.05, 0.1) is 30.6 Å². The molecular formula is C46H54FNO6. The van der Waals surface area contributed by atoms with E-state index >= 15 is 0 Å². The van der Waals surface area contributed by atoms with Crippen molar-refractivity contribution in [1.29, 1.82) is 0 Å². The quantitative estimate of drug-likeness (QED) is 0.127. The Morgan fingerprint density at radius 1 is 0.963 bits per heavy atom. The second kappa shape index (κ2) is 17.7. The maximum Gasteiger partial charge on any atom is 0.340 e. The molecule has 3 aromatic carbocycles. The smallest absolute Gasteiger partial charge is 0.340 e. The topological polar surface area (TPSA) is 76.1 Å². The fraction of sp³-hybridized carbons (Fsp3) is 0.435. The maximum absolute atomic E-state index is 14.1. The number of halogens is 1. The van der Waals surface area contributed by atoms with Crippen LogP contribution in [0.5, 0.6) is 11.5 Å². The van der Waals surface area contributed by atoms with Crippen LogP contribution in [0.3, 0.4) is 0 Å². The predicted octanol–water partition coefficient (Wildman–Crippen LogP) is 10.4. The Hall–Kier alpha value is -4.53. The molecule has 7 nitrogen and oxygen atoms in total. The molecular weight excluding hydrogens is 682 g/mol. The number of pyridine rings is 1. The van der Waals surface area contributed by atoms with Crippen molar-refractivity contribution < 1.29 is 32.9 Å². The first kappa shape index (κ1) is 39.2. The van der Waals surface area contributed by atoms with Crippen molar-refractivity contribution in [2.75, 3.05) is 26.4 Å². The molecule has 0 unspecified atom stereocenters. The van der Waals surface area contributed by atoms with Gasteiger partial charge in [-0.15, -0.1) is 0 Å². The van der Waals surface area contributed by atoms with Gasteiger partial charge in [0.1, 0.15) is 17.3 Å². The minimum absolute atomic E-state index is 0.252. The summed E-state index contributed by atoms with van der Waals surface area (Å²) in [4.78, 5) is 19.3. The van der Waals surface area contributed by atoms with Gasteiger partial charge in [0.25, 0.3) is 0 Å². The van der Waals surface area contributed by atoms with E-state index < -0.39 is 17.7 Å². The molecule has 6 rings (SSSR count). The largest absolute Gasteiger partial charge is 0.493 e. The number of hydrogen-bond donors (Lipinski definition) is 0. The molecule has 0 saturated carbocycles. The number of hydrogen-bond acceptors (Lipinski definition) is 7. The first-order chi connectivity index (χ1) is 25.9. The van der Waals surface area contributed by atoms with E-state index in [2.05, 4.69) is 36.4 Å². The average Bonchev–Trinajstić information content (AvgIpc) is 3.14. The number of carbonyl (C=O) groups is 1. The Labute approximate surface area is 319 Å². The molecule has 286 valence electrons. The number of ether oxygens (including phenoxy) is 5. The molecule has 2 aliphatic rings. The third kappa shape index (κ3) is 10.2. The first-order valence-corrected chi connectivity index (χ1v) is 19.4. The van der Waals surface area contributed by atoms with Crippen LogP contribution >= 0.6 is 0 Å². The highest BCUT2D eigenvalue weighted by Crippen LogP contribution is 2.45. The van der Waals surface area contributed by atoms with Crippen LogP contribution in [0.25, 0.3) is 28.3 Å². The van der Waals surface area contributed by atoms with Crippen LogP contribution in [-0.2, 0) is 31.8 Å². The Bertz CT molecular complexity index is 1910. The minimum Gasteiger partial charge on any atom is -0.493 e. The van der Waals surface area contributed by atoms with E-state index in [0.29, 0.717) is 36.8 Å². The van der Waals surface area contributed by atoms with Gasteiger partial charge >= 0.3 is 5.97 Å². The van der Waals surface area contributed by atoms with Crippen molar-refractivity contribution in [2.45, 2.75) is 97.9 Å². The Morgan fingerprint density at radius 3 is 2.39 bits per heavy atom. The average molecular weight is 736 g/mol. The number of allylic oxidation sites excluding steroid dienone is 1. The molecule has 0 spiro atoms. The van der Waals surface area contributed by atoms with E-state index in [1.165, 1.54) is 12.1 Å². The van der Waals surface area contributed by atoms with E-state index in [1.807, 2.05) is 59.7 Å². The van der Waals surface area contributed by atoms with Gasteiger partial charge in [-0.05, 0) is 150 Å². The maximum atomic E-state index is 14.1. The van der Waals surface area contributed by atoms with E-state index in [1.54, 1.807) is 12.1 Å². The fourth-order valence-corrected chi connectivity index (χ4v) is 7.17. The van der Waals surface area contributed by atoms with Crippen molar-refractivity contribution in [3.8, 4) is 33.8 Å². The van der Waals surface area contributed by atoms with Gasteiger partial charge in [-0.3, -0.25) is 4.98 Å². The number of nitrogens with zero attached hydrogens (tertiary/aromatic N) is 1. The number of aryl methyl sites for hydroxylation is 2. The third-order valence-electron chi connectivity index (χ3n) is 9.75. The van der Waals surface area contributed by atoms with E-state index in [9.17, 15) is 9.18 Å². The highest BCUT2D eigenvalue weighted by Gasteiger charge is 2.35. The highest BCUT2D eigenvalue weighted by atomic mass is 19.1. The molecule has 2 aliphatic heterocycles. The van der Waals surface area contributed by atoms with Crippen molar-refractivity contribution in [2.24, 2.45) is 5.92 Å². The van der Waals surface area contributed by atoms with Gasteiger partial charge in [-0.1, -0.05) is 36.4 Å². The molecule has 1 atom stereocenters. The van der Waals surface area contributed by atoms with Crippen molar-refractivity contribution >= 4 is 12.0 Å². The number of fused-ring (bicyclic) bond motifs is 1. The van der Waals surface area contributed by atoms with Gasteiger partial charge in [0, 0.05) is 36.5 Å². The van der Waals surface area contributed by atoms with E-state index in [-0.39, 0.29) is 11.9 Å². The van der Waals surface area contributed by atoms with Crippen LogP contribution in [0.1, 0.15) is 94.5 Å². The first-order valence-electron chi connectivity index (χ1n) is 19.4. The standard InChI is InChI=1S/C46H54FNO6/c1-30(2)53-45(49)44(54-46(4,5)6)41-31(3)48-39(11-7-9-32-22-26-50-27-23-32)42(43(41)36-16-21-40-35(29-36)10-8-25-52-40)34-14-19-38(20-15-34)51-28-24-33-12-17-37(47)18-13-33/h7,11-21,29-30,32,44H,8-10,22-28H2,1-6H3/t44-/m0/s1. The van der Waals surface area contributed by atoms with Crippen LogP contribution in [0.15, 0.2) is 72.8 Å². The van der Waals surface area contributed by atoms with Crippen molar-refractivity contribution in [3.63, 3.8) is 0 Å². The fourth-order valence-electron chi connectivity index (χ4n) is 7.17. The number of carbonyl (C=O) groups excluding carboxylic acids is 1. The minimum atomic E-state index is -1.03. The molecule has 0 aliphatic carbocycles. The normalized spacial score (nSPS) is 15.6. The zero-order valence-electron chi connectivity index (χ0n) is 32.6. The molecule has 1 fully saturated rings. The number of aromatic nitrogens is 1. The second-order valence-electron chi connectivity index (χ2n) is 15.6. The van der Waals surface area contributed by atoms with Gasteiger partial charge in [0.2, 0.25) is 0 Å². The van der Waals surface area contributed by atoms with Crippen LogP contribution in [0.2, 0.25) is 0 Å². The molecule has 54 heavy (non-hydrogen) atoms. The lowest BCUT2D eigenvalue weighted by Crippen LogP contribution is -2.31. The number of esters is 1. The van der Waals surface area contributed by atoms with Crippen LogP contribution in [0.4, 0.5) is 4.39 Å². The molecule has 0 radical (unpaired) electrons. The van der Waals surface area contributed by atoms with E-state index in [0.717, 1.165) is 95.9 Å². The van der Waals surface area contributed by atoms with Gasteiger partial charge in [-0.2, -0.15) is 0 Å². The molecule has 8 heteroatoms. The third-order valence-corrected chi connectivity index (χ3v) is 9.75. The highest BCUT2D eigenvalue weighted by molar-refractivity contribution is 5.94. The Kier molecular flexibility index (Phi) is 12.9. The SMILES string of the molecule is Cc1nc(C=CCC2CCOCC2)c(-c2ccc(OCCc3ccc(F)cc3)cc2)c(-c2ccc3c(c2)CCCO3)c1[C@H](OC(C)(C)C)C(=O)OC(C)C. The second-order valence-corrected chi connectivity index (χ2v) is 15.6. The van der Waals surface area contributed by atoms with Crippen molar-refractivity contribution in [1.82, 2.24) is 4.98 Å². The summed E-state index contributed by atoms with van der Waals surface area (Å²) in [5, 5.41) is 0. The van der Waals surface area contributed by atoms with E-state index in [4.69, 9.17) is 28.7 Å². The summed E-state index contributed by atoms with van der Waals surface area (Å²) in [7, 11) is 0. The monoisotopic (exact) mass is 735 g/mol. The van der Waals surface area contributed by atoms with Crippen LogP contribution in [0, 0.1) is 18.7 Å². The van der Waals surface area contributed by atoms with Crippen LogP contribution in [-0.4, -0.2) is 49.1 Å². The summed E-state index contributed by atoms with van der Waals surface area (Å²) in [6.07, 6.45) is 8.49. The summed E-state index contributed by atoms with van der Waals surface area (Å²) in [6.45, 7) is 14.2. The molecule has 0 amide bonds. The molecule has 0 bridgehead atoms. The van der Waals surface area contributed by atoms with Gasteiger partial charge in [0.15, 0.2) is 6.10 Å². The molecule has 1 aromatic heterocycles. The Morgan fingerprint density at radius 2 is 1.69 bits per heavy atom. The number of rotatable bonds is 13. The summed E-state index contributed by atoms with van der Waals surface area (Å²) in [5.41, 5.74) is 7.32. The summed E-state index contributed by atoms with van der Waals surface area (Å²) >= 11 is 0. The molecule has 0 N–H and O–H groups in total.